The minimum absolute atomic E-state index is 0.554. The lowest BCUT2D eigenvalue weighted by molar-refractivity contribution is 0.00655. The van der Waals surface area contributed by atoms with Crippen LogP contribution in [0.25, 0.3) is 0 Å². The number of ether oxygens (including phenoxy) is 1. The summed E-state index contributed by atoms with van der Waals surface area (Å²) in [7, 11) is 0. The Balaban J connectivity index is 1.70. The Hall–Kier alpha value is -0.120. The van der Waals surface area contributed by atoms with Gasteiger partial charge in [-0.2, -0.15) is 0 Å². The van der Waals surface area contributed by atoms with Crippen LogP contribution in [0.2, 0.25) is 0 Å². The Labute approximate surface area is 85.8 Å². The summed E-state index contributed by atoms with van der Waals surface area (Å²) in [4.78, 5) is 2.71. The second kappa shape index (κ2) is 3.47. The number of nitrogens with zero attached hydrogens (tertiary/aromatic N) is 1. The van der Waals surface area contributed by atoms with Gasteiger partial charge in [0.05, 0.1) is 12.7 Å². The van der Waals surface area contributed by atoms with E-state index in [0.717, 1.165) is 24.6 Å². The van der Waals surface area contributed by atoms with Crippen molar-refractivity contribution in [3.63, 3.8) is 0 Å². The van der Waals surface area contributed by atoms with E-state index >= 15 is 0 Å². The van der Waals surface area contributed by atoms with Crippen molar-refractivity contribution in [2.75, 3.05) is 26.2 Å². The number of hydrogen-bond donors (Lipinski definition) is 1. The molecule has 14 heavy (non-hydrogen) atoms. The second-order valence-electron chi connectivity index (χ2n) is 4.94. The van der Waals surface area contributed by atoms with Crippen molar-refractivity contribution in [2.24, 2.45) is 5.92 Å². The van der Waals surface area contributed by atoms with E-state index in [4.69, 9.17) is 4.74 Å². The van der Waals surface area contributed by atoms with Crippen LogP contribution in [0.1, 0.15) is 19.8 Å². The number of fused-ring (bicyclic) bond motifs is 2. The quantitative estimate of drug-likeness (QED) is 0.694. The summed E-state index contributed by atoms with van der Waals surface area (Å²) in [5.74, 6) is 0.870. The fraction of sp³-hybridized carbons (Fsp3) is 1.00. The van der Waals surface area contributed by atoms with E-state index in [2.05, 4.69) is 17.1 Å². The van der Waals surface area contributed by atoms with E-state index in [-0.39, 0.29) is 0 Å². The Morgan fingerprint density at radius 3 is 3.00 bits per heavy atom. The highest BCUT2D eigenvalue weighted by Crippen LogP contribution is 2.33. The summed E-state index contributed by atoms with van der Waals surface area (Å²) >= 11 is 0. The third kappa shape index (κ3) is 1.30. The molecule has 3 saturated heterocycles. The summed E-state index contributed by atoms with van der Waals surface area (Å²) in [6.07, 6.45) is 3.15. The molecule has 3 aliphatic heterocycles. The standard InChI is InChI=1S/C11H20N2O/c1-2-8-4-12-5-11(8)13-6-10-3-9(13)7-14-10/h8-12H,2-7H2,1H3. The molecule has 0 aromatic carbocycles. The van der Waals surface area contributed by atoms with Gasteiger partial charge in [0, 0.05) is 25.2 Å². The van der Waals surface area contributed by atoms with Gasteiger partial charge in [0.2, 0.25) is 0 Å². The fourth-order valence-corrected chi connectivity index (χ4v) is 3.36. The molecule has 3 aliphatic rings. The van der Waals surface area contributed by atoms with Gasteiger partial charge < -0.3 is 10.1 Å². The predicted octanol–water partition coefficient (Wildman–Crippen LogP) is 0.457. The van der Waals surface area contributed by atoms with Crippen molar-refractivity contribution in [2.45, 2.75) is 38.0 Å². The van der Waals surface area contributed by atoms with E-state index < -0.39 is 0 Å². The van der Waals surface area contributed by atoms with Crippen LogP contribution in [-0.2, 0) is 4.74 Å². The zero-order valence-corrected chi connectivity index (χ0v) is 8.91. The summed E-state index contributed by atoms with van der Waals surface area (Å²) in [5.41, 5.74) is 0. The third-order valence-corrected chi connectivity index (χ3v) is 4.20. The minimum atomic E-state index is 0.554. The van der Waals surface area contributed by atoms with Gasteiger partial charge in [-0.25, -0.2) is 0 Å². The Morgan fingerprint density at radius 2 is 2.36 bits per heavy atom. The average molecular weight is 196 g/mol. The highest BCUT2D eigenvalue weighted by atomic mass is 16.5. The lowest BCUT2D eigenvalue weighted by atomic mass is 9.99. The van der Waals surface area contributed by atoms with Crippen LogP contribution in [-0.4, -0.2) is 49.3 Å². The highest BCUT2D eigenvalue weighted by molar-refractivity contribution is 4.99. The van der Waals surface area contributed by atoms with Crippen LogP contribution >= 0.6 is 0 Å². The van der Waals surface area contributed by atoms with Gasteiger partial charge in [0.25, 0.3) is 0 Å². The van der Waals surface area contributed by atoms with Crippen molar-refractivity contribution in [1.82, 2.24) is 10.2 Å². The van der Waals surface area contributed by atoms with E-state index in [1.54, 1.807) is 0 Å². The zero-order chi connectivity index (χ0) is 9.54. The molecule has 0 saturated carbocycles. The molecule has 4 atom stereocenters. The number of hydrogen-bond acceptors (Lipinski definition) is 3. The molecular formula is C11H20N2O. The number of rotatable bonds is 2. The molecule has 3 heteroatoms. The van der Waals surface area contributed by atoms with Gasteiger partial charge in [-0.05, 0) is 18.9 Å². The molecular weight excluding hydrogens is 176 g/mol. The molecule has 1 N–H and O–H groups in total. The molecule has 0 radical (unpaired) electrons. The van der Waals surface area contributed by atoms with Gasteiger partial charge in [0.1, 0.15) is 0 Å². The van der Waals surface area contributed by atoms with Crippen molar-refractivity contribution in [3.05, 3.63) is 0 Å². The maximum atomic E-state index is 5.65. The molecule has 0 spiro atoms. The molecule has 80 valence electrons. The Morgan fingerprint density at radius 1 is 1.43 bits per heavy atom. The molecule has 0 amide bonds. The molecule has 0 aromatic heterocycles. The summed E-state index contributed by atoms with van der Waals surface area (Å²) in [6, 6.07) is 1.53. The molecule has 3 nitrogen and oxygen atoms in total. The Kier molecular flexibility index (Phi) is 2.26. The number of morpholine rings is 1. The normalized spacial score (nSPS) is 47.8. The number of nitrogens with one attached hydrogen (secondary N) is 1. The van der Waals surface area contributed by atoms with Gasteiger partial charge in [0.15, 0.2) is 0 Å². The highest BCUT2D eigenvalue weighted by Gasteiger charge is 2.44. The summed E-state index contributed by atoms with van der Waals surface area (Å²) in [5, 5.41) is 3.53. The fourth-order valence-electron chi connectivity index (χ4n) is 3.36. The summed E-state index contributed by atoms with van der Waals surface area (Å²) < 4.78 is 5.65. The lowest BCUT2D eigenvalue weighted by Gasteiger charge is -2.35. The van der Waals surface area contributed by atoms with E-state index in [9.17, 15) is 0 Å². The lowest BCUT2D eigenvalue weighted by Crippen LogP contribution is -2.47. The van der Waals surface area contributed by atoms with Crippen LogP contribution in [0.5, 0.6) is 0 Å². The van der Waals surface area contributed by atoms with Crippen LogP contribution in [0, 0.1) is 5.92 Å². The van der Waals surface area contributed by atoms with Crippen molar-refractivity contribution < 1.29 is 4.74 Å². The number of likely N-dealkylation sites (tertiary alicyclic amines) is 1. The van der Waals surface area contributed by atoms with E-state index in [1.807, 2.05) is 0 Å². The monoisotopic (exact) mass is 196 g/mol. The van der Waals surface area contributed by atoms with Gasteiger partial charge in [-0.1, -0.05) is 13.3 Å². The molecule has 3 heterocycles. The average Bonchev–Trinajstić information content (AvgIpc) is 2.92. The molecule has 4 unspecified atom stereocenters. The largest absolute Gasteiger partial charge is 0.375 e. The molecule has 0 aromatic rings. The first kappa shape index (κ1) is 9.13. The molecule has 3 fully saturated rings. The van der Waals surface area contributed by atoms with Crippen molar-refractivity contribution >= 4 is 0 Å². The first-order valence-electron chi connectivity index (χ1n) is 5.96. The topological polar surface area (TPSA) is 24.5 Å². The SMILES string of the molecule is CCC1CNCC1N1CC2CC1CO2. The predicted molar refractivity (Wildman–Crippen MR) is 55.3 cm³/mol. The van der Waals surface area contributed by atoms with Crippen LogP contribution < -0.4 is 5.32 Å². The minimum Gasteiger partial charge on any atom is -0.375 e. The van der Waals surface area contributed by atoms with Gasteiger partial charge in [-0.3, -0.25) is 4.90 Å². The zero-order valence-electron chi connectivity index (χ0n) is 8.91. The second-order valence-corrected chi connectivity index (χ2v) is 4.94. The van der Waals surface area contributed by atoms with Crippen molar-refractivity contribution in [1.29, 1.82) is 0 Å². The van der Waals surface area contributed by atoms with Crippen LogP contribution in [0.4, 0.5) is 0 Å². The van der Waals surface area contributed by atoms with Gasteiger partial charge in [-0.15, -0.1) is 0 Å². The third-order valence-electron chi connectivity index (χ3n) is 4.20. The molecule has 3 rings (SSSR count). The molecule has 2 bridgehead atoms. The molecule has 0 aliphatic carbocycles. The summed E-state index contributed by atoms with van der Waals surface area (Å²) in [6.45, 7) is 6.90. The first-order valence-corrected chi connectivity index (χ1v) is 5.96. The first-order chi connectivity index (χ1) is 6.88. The van der Waals surface area contributed by atoms with Crippen LogP contribution in [0.15, 0.2) is 0 Å². The van der Waals surface area contributed by atoms with E-state index in [1.165, 1.54) is 32.5 Å². The van der Waals surface area contributed by atoms with E-state index in [0.29, 0.717) is 6.10 Å². The van der Waals surface area contributed by atoms with Gasteiger partial charge >= 0.3 is 0 Å². The maximum absolute atomic E-state index is 5.65. The Bertz CT molecular complexity index is 217. The van der Waals surface area contributed by atoms with Crippen LogP contribution in [0.3, 0.4) is 0 Å². The smallest absolute Gasteiger partial charge is 0.0718 e. The van der Waals surface area contributed by atoms with Crippen molar-refractivity contribution in [3.8, 4) is 0 Å². The maximum Gasteiger partial charge on any atom is 0.0718 e.